The Morgan fingerprint density at radius 2 is 2.09 bits per heavy atom. The van der Waals surface area contributed by atoms with Gasteiger partial charge in [-0.1, -0.05) is 18.2 Å². The number of aromatic nitrogens is 1. The number of rotatable bonds is 6. The van der Waals surface area contributed by atoms with E-state index in [0.717, 1.165) is 16.5 Å². The molecular formula is C17H16N2O3S. The third kappa shape index (κ3) is 3.78. The number of carbonyl (C=O) groups is 2. The van der Waals surface area contributed by atoms with Crippen LogP contribution >= 0.6 is 11.3 Å². The van der Waals surface area contributed by atoms with Crippen LogP contribution in [0.25, 0.3) is 10.9 Å². The molecular weight excluding hydrogens is 312 g/mol. The van der Waals surface area contributed by atoms with E-state index in [2.05, 4.69) is 10.3 Å². The Hall–Kier alpha value is -2.60. The van der Waals surface area contributed by atoms with Gasteiger partial charge in [0.05, 0.1) is 5.56 Å². The number of fused-ring (bicyclic) bond motifs is 1. The van der Waals surface area contributed by atoms with Crippen LogP contribution in [0.5, 0.6) is 0 Å². The zero-order valence-corrected chi connectivity index (χ0v) is 13.2. The molecule has 6 heteroatoms. The van der Waals surface area contributed by atoms with Crippen LogP contribution in [0.3, 0.4) is 0 Å². The van der Waals surface area contributed by atoms with Gasteiger partial charge in [-0.05, 0) is 29.5 Å². The lowest BCUT2D eigenvalue weighted by Crippen LogP contribution is -2.30. The summed E-state index contributed by atoms with van der Waals surface area (Å²) in [5.74, 6) is -0.772. The lowest BCUT2D eigenvalue weighted by molar-refractivity contribution is -0.124. The summed E-state index contributed by atoms with van der Waals surface area (Å²) in [5.41, 5.74) is 2.70. The molecule has 0 bridgehead atoms. The van der Waals surface area contributed by atoms with Crippen LogP contribution in [0.4, 0.5) is 0 Å². The predicted octanol–water partition coefficient (Wildman–Crippen LogP) is 2.75. The molecule has 0 radical (unpaired) electrons. The number of benzene rings is 1. The van der Waals surface area contributed by atoms with Gasteiger partial charge in [0.15, 0.2) is 6.61 Å². The number of nitrogens with one attached hydrogen (secondary N) is 2. The van der Waals surface area contributed by atoms with Crippen molar-refractivity contribution in [2.45, 2.75) is 6.42 Å². The summed E-state index contributed by atoms with van der Waals surface area (Å²) < 4.78 is 4.96. The lowest BCUT2D eigenvalue weighted by atomic mass is 10.1. The SMILES string of the molecule is O=C(COC(=O)c1ccsc1)NCCc1c[nH]c2ccccc12. The van der Waals surface area contributed by atoms with Crippen LogP contribution in [0, 0.1) is 0 Å². The number of aromatic amines is 1. The van der Waals surface area contributed by atoms with E-state index >= 15 is 0 Å². The fraction of sp³-hybridized carbons (Fsp3) is 0.176. The van der Waals surface area contributed by atoms with Crippen molar-refractivity contribution in [3.05, 3.63) is 58.4 Å². The largest absolute Gasteiger partial charge is 0.452 e. The quantitative estimate of drug-likeness (QED) is 0.684. The minimum Gasteiger partial charge on any atom is -0.452 e. The van der Waals surface area contributed by atoms with E-state index in [-0.39, 0.29) is 12.5 Å². The van der Waals surface area contributed by atoms with E-state index in [4.69, 9.17) is 4.74 Å². The van der Waals surface area contributed by atoms with Crippen molar-refractivity contribution in [1.82, 2.24) is 10.3 Å². The second kappa shape index (κ2) is 7.11. The van der Waals surface area contributed by atoms with E-state index < -0.39 is 5.97 Å². The van der Waals surface area contributed by atoms with E-state index in [1.807, 2.05) is 30.5 Å². The van der Waals surface area contributed by atoms with Gasteiger partial charge in [-0.15, -0.1) is 0 Å². The van der Waals surface area contributed by atoms with Crippen molar-refractivity contribution in [3.8, 4) is 0 Å². The molecule has 118 valence electrons. The van der Waals surface area contributed by atoms with E-state index in [1.54, 1.807) is 16.8 Å². The number of hydrogen-bond acceptors (Lipinski definition) is 4. The molecule has 0 aliphatic carbocycles. The molecule has 3 aromatic rings. The fourth-order valence-electron chi connectivity index (χ4n) is 2.32. The number of amides is 1. The molecule has 2 aromatic heterocycles. The Kier molecular flexibility index (Phi) is 4.73. The predicted molar refractivity (Wildman–Crippen MR) is 89.6 cm³/mol. The van der Waals surface area contributed by atoms with Gasteiger partial charge in [0.2, 0.25) is 0 Å². The van der Waals surface area contributed by atoms with Gasteiger partial charge in [0, 0.05) is 29.0 Å². The van der Waals surface area contributed by atoms with Crippen molar-refractivity contribution < 1.29 is 14.3 Å². The molecule has 2 N–H and O–H groups in total. The Bertz CT molecular complexity index is 808. The Morgan fingerprint density at radius 3 is 2.91 bits per heavy atom. The van der Waals surface area contributed by atoms with Crippen LogP contribution < -0.4 is 5.32 Å². The highest BCUT2D eigenvalue weighted by atomic mass is 32.1. The minimum atomic E-state index is -0.474. The molecule has 0 saturated carbocycles. The van der Waals surface area contributed by atoms with E-state index in [0.29, 0.717) is 18.5 Å². The van der Waals surface area contributed by atoms with Gasteiger partial charge in [-0.3, -0.25) is 4.79 Å². The number of hydrogen-bond donors (Lipinski definition) is 2. The van der Waals surface area contributed by atoms with E-state index in [1.165, 1.54) is 11.3 Å². The van der Waals surface area contributed by atoms with Gasteiger partial charge < -0.3 is 15.0 Å². The molecule has 0 atom stereocenters. The number of carbonyl (C=O) groups excluding carboxylic acids is 2. The monoisotopic (exact) mass is 328 g/mol. The molecule has 0 spiro atoms. The van der Waals surface area contributed by atoms with Crippen LogP contribution in [0.15, 0.2) is 47.3 Å². The topological polar surface area (TPSA) is 71.2 Å². The van der Waals surface area contributed by atoms with Crippen LogP contribution in [0.2, 0.25) is 0 Å². The highest BCUT2D eigenvalue weighted by molar-refractivity contribution is 7.08. The highest BCUT2D eigenvalue weighted by Gasteiger charge is 2.10. The first-order valence-electron chi connectivity index (χ1n) is 7.25. The number of esters is 1. The summed E-state index contributed by atoms with van der Waals surface area (Å²) in [5, 5.41) is 7.40. The smallest absolute Gasteiger partial charge is 0.339 e. The van der Waals surface area contributed by atoms with Crippen molar-refractivity contribution in [3.63, 3.8) is 0 Å². The summed E-state index contributed by atoms with van der Waals surface area (Å²) in [6, 6.07) is 9.70. The molecule has 0 unspecified atom stereocenters. The number of ether oxygens (including phenoxy) is 1. The van der Waals surface area contributed by atoms with Crippen molar-refractivity contribution in [2.75, 3.05) is 13.2 Å². The summed E-state index contributed by atoms with van der Waals surface area (Å²) in [6.45, 7) is 0.235. The Labute approximate surface area is 137 Å². The minimum absolute atomic E-state index is 0.261. The van der Waals surface area contributed by atoms with Crippen LogP contribution in [-0.4, -0.2) is 30.0 Å². The first-order chi connectivity index (χ1) is 11.2. The average Bonchev–Trinajstić information content (AvgIpc) is 3.23. The number of para-hydroxylation sites is 1. The third-order valence-corrected chi connectivity index (χ3v) is 4.17. The fourth-order valence-corrected chi connectivity index (χ4v) is 2.95. The van der Waals surface area contributed by atoms with Crippen LogP contribution in [-0.2, 0) is 16.0 Å². The number of H-pyrrole nitrogens is 1. The first kappa shape index (κ1) is 15.3. The van der Waals surface area contributed by atoms with Crippen molar-refractivity contribution in [2.24, 2.45) is 0 Å². The van der Waals surface area contributed by atoms with E-state index in [9.17, 15) is 9.59 Å². The molecule has 0 fully saturated rings. The van der Waals surface area contributed by atoms with Crippen LogP contribution in [0.1, 0.15) is 15.9 Å². The molecule has 2 heterocycles. The molecule has 1 amide bonds. The zero-order valence-electron chi connectivity index (χ0n) is 12.4. The molecule has 1 aromatic carbocycles. The maximum atomic E-state index is 11.7. The van der Waals surface area contributed by atoms with Gasteiger partial charge >= 0.3 is 5.97 Å². The molecule has 0 aliphatic rings. The molecule has 0 saturated heterocycles. The van der Waals surface area contributed by atoms with Gasteiger partial charge in [0.1, 0.15) is 0 Å². The summed E-state index contributed by atoms with van der Waals surface area (Å²) in [4.78, 5) is 26.5. The Balaban J connectivity index is 1.43. The maximum Gasteiger partial charge on any atom is 0.339 e. The molecule has 0 aliphatic heterocycles. The van der Waals surface area contributed by atoms with Gasteiger partial charge in [-0.2, -0.15) is 11.3 Å². The Morgan fingerprint density at radius 1 is 1.22 bits per heavy atom. The summed E-state index contributed by atoms with van der Waals surface area (Å²) in [7, 11) is 0. The summed E-state index contributed by atoms with van der Waals surface area (Å²) >= 11 is 1.41. The maximum absolute atomic E-state index is 11.7. The average molecular weight is 328 g/mol. The standard InChI is InChI=1S/C17H16N2O3S/c20-16(10-22-17(21)13-6-8-23-11-13)18-7-5-12-9-19-15-4-2-1-3-14(12)15/h1-4,6,8-9,11,19H,5,7,10H2,(H,18,20). The van der Waals surface area contributed by atoms with Crippen molar-refractivity contribution in [1.29, 1.82) is 0 Å². The zero-order chi connectivity index (χ0) is 16.1. The highest BCUT2D eigenvalue weighted by Crippen LogP contribution is 2.17. The first-order valence-corrected chi connectivity index (χ1v) is 8.19. The third-order valence-electron chi connectivity index (χ3n) is 3.48. The second-order valence-electron chi connectivity index (χ2n) is 5.05. The summed E-state index contributed by atoms with van der Waals surface area (Å²) in [6.07, 6.45) is 2.67. The van der Waals surface area contributed by atoms with Gasteiger partial charge in [-0.25, -0.2) is 4.79 Å². The number of thiophene rings is 1. The molecule has 5 nitrogen and oxygen atoms in total. The molecule has 3 rings (SSSR count). The second-order valence-corrected chi connectivity index (χ2v) is 5.83. The van der Waals surface area contributed by atoms with Gasteiger partial charge in [0.25, 0.3) is 5.91 Å². The molecule has 23 heavy (non-hydrogen) atoms. The van der Waals surface area contributed by atoms with Crippen molar-refractivity contribution >= 4 is 34.1 Å². The lowest BCUT2D eigenvalue weighted by Gasteiger charge is -2.05. The normalized spacial score (nSPS) is 10.6.